The highest BCUT2D eigenvalue weighted by molar-refractivity contribution is 6.42. The molecule has 21 heavy (non-hydrogen) atoms. The number of rotatable bonds is 6. The number of hydrogen-bond donors (Lipinski definition) is 1. The van der Waals surface area contributed by atoms with Gasteiger partial charge in [0.1, 0.15) is 0 Å². The largest absolute Gasteiger partial charge is 0.316 e. The van der Waals surface area contributed by atoms with Gasteiger partial charge in [-0.1, -0.05) is 59.9 Å². The van der Waals surface area contributed by atoms with Gasteiger partial charge in [0.15, 0.2) is 0 Å². The summed E-state index contributed by atoms with van der Waals surface area (Å²) in [6.07, 6.45) is 0.893. The highest BCUT2D eigenvalue weighted by Crippen LogP contribution is 2.27. The monoisotopic (exact) mass is 341 g/mol. The van der Waals surface area contributed by atoms with E-state index in [9.17, 15) is 0 Å². The lowest BCUT2D eigenvalue weighted by Gasteiger charge is -2.18. The van der Waals surface area contributed by atoms with Crippen LogP contribution in [0.3, 0.4) is 0 Å². The molecular formula is C17H18Cl3N. The number of benzene rings is 2. The lowest BCUT2D eigenvalue weighted by molar-refractivity contribution is 0.595. The van der Waals surface area contributed by atoms with Crippen molar-refractivity contribution in [2.24, 2.45) is 0 Å². The third-order valence-electron chi connectivity index (χ3n) is 3.43. The zero-order valence-electron chi connectivity index (χ0n) is 11.9. The van der Waals surface area contributed by atoms with Crippen LogP contribution in [0.1, 0.15) is 24.0 Å². The van der Waals surface area contributed by atoms with E-state index in [0.717, 1.165) is 24.5 Å². The fourth-order valence-electron chi connectivity index (χ4n) is 2.34. The predicted molar refractivity (Wildman–Crippen MR) is 92.9 cm³/mol. The third-order valence-corrected chi connectivity index (χ3v) is 4.40. The maximum absolute atomic E-state index is 6.11. The van der Waals surface area contributed by atoms with Crippen LogP contribution in [-0.2, 0) is 6.42 Å². The van der Waals surface area contributed by atoms with Gasteiger partial charge in [0.25, 0.3) is 0 Å². The zero-order valence-corrected chi connectivity index (χ0v) is 14.1. The lowest BCUT2D eigenvalue weighted by Crippen LogP contribution is -2.22. The van der Waals surface area contributed by atoms with Crippen LogP contribution in [-0.4, -0.2) is 13.1 Å². The van der Waals surface area contributed by atoms with E-state index in [1.165, 1.54) is 11.1 Å². The van der Waals surface area contributed by atoms with Crippen molar-refractivity contribution in [2.45, 2.75) is 19.3 Å². The first kappa shape index (κ1) is 16.6. The van der Waals surface area contributed by atoms with Gasteiger partial charge in [-0.3, -0.25) is 0 Å². The summed E-state index contributed by atoms with van der Waals surface area (Å²) < 4.78 is 0. The van der Waals surface area contributed by atoms with E-state index in [4.69, 9.17) is 34.8 Å². The van der Waals surface area contributed by atoms with E-state index in [-0.39, 0.29) is 0 Å². The SMILES string of the molecule is CCNCC(Cc1ccc(Cl)c(Cl)c1)c1cccc(Cl)c1. The summed E-state index contributed by atoms with van der Waals surface area (Å²) >= 11 is 18.2. The van der Waals surface area contributed by atoms with Gasteiger partial charge in [0.05, 0.1) is 10.0 Å². The Hall–Kier alpha value is -0.730. The molecule has 0 radical (unpaired) electrons. The van der Waals surface area contributed by atoms with E-state index < -0.39 is 0 Å². The maximum atomic E-state index is 6.11. The number of hydrogen-bond acceptors (Lipinski definition) is 1. The summed E-state index contributed by atoms with van der Waals surface area (Å²) in [5.41, 5.74) is 2.40. The van der Waals surface area contributed by atoms with Crippen molar-refractivity contribution < 1.29 is 0 Å². The minimum atomic E-state index is 0.348. The normalized spacial score (nSPS) is 12.4. The zero-order chi connectivity index (χ0) is 15.2. The van der Waals surface area contributed by atoms with Crippen molar-refractivity contribution >= 4 is 34.8 Å². The van der Waals surface area contributed by atoms with E-state index in [1.807, 2.05) is 36.4 Å². The molecule has 4 heteroatoms. The third kappa shape index (κ3) is 4.89. The second-order valence-corrected chi connectivity index (χ2v) is 6.26. The van der Waals surface area contributed by atoms with Crippen LogP contribution in [0.4, 0.5) is 0 Å². The molecule has 112 valence electrons. The smallest absolute Gasteiger partial charge is 0.0595 e. The molecule has 2 rings (SSSR count). The number of nitrogens with one attached hydrogen (secondary N) is 1. The van der Waals surface area contributed by atoms with E-state index in [2.05, 4.69) is 18.3 Å². The predicted octanol–water partition coefficient (Wildman–Crippen LogP) is 5.58. The minimum absolute atomic E-state index is 0.348. The average Bonchev–Trinajstić information content (AvgIpc) is 2.47. The molecule has 1 nitrogen and oxygen atoms in total. The molecule has 0 saturated heterocycles. The van der Waals surface area contributed by atoms with Crippen LogP contribution in [0.5, 0.6) is 0 Å². The van der Waals surface area contributed by atoms with Gasteiger partial charge in [-0.25, -0.2) is 0 Å². The standard InChI is InChI=1S/C17H18Cl3N/c1-2-21-11-14(13-4-3-5-15(18)10-13)8-12-6-7-16(19)17(20)9-12/h3-7,9-10,14,21H,2,8,11H2,1H3. The molecule has 0 aliphatic carbocycles. The van der Waals surface area contributed by atoms with Crippen LogP contribution in [0, 0.1) is 0 Å². The summed E-state index contributed by atoms with van der Waals surface area (Å²) in [6.45, 7) is 3.95. The van der Waals surface area contributed by atoms with Gasteiger partial charge >= 0.3 is 0 Å². The second kappa shape index (κ2) is 8.05. The first-order valence-corrected chi connectivity index (χ1v) is 8.13. The molecule has 1 unspecified atom stereocenters. The Bertz CT molecular complexity index is 598. The Morgan fingerprint density at radius 2 is 1.81 bits per heavy atom. The first-order chi connectivity index (χ1) is 10.1. The summed E-state index contributed by atoms with van der Waals surface area (Å²) in [5, 5.41) is 5.37. The van der Waals surface area contributed by atoms with Crippen LogP contribution in [0.2, 0.25) is 15.1 Å². The number of likely N-dealkylation sites (N-methyl/N-ethyl adjacent to an activating group) is 1. The molecule has 0 saturated carbocycles. The average molecular weight is 343 g/mol. The van der Waals surface area contributed by atoms with Crippen LogP contribution < -0.4 is 5.32 Å². The molecule has 1 atom stereocenters. The molecule has 0 amide bonds. The molecular weight excluding hydrogens is 325 g/mol. The molecule has 0 aromatic heterocycles. The van der Waals surface area contributed by atoms with Crippen molar-refractivity contribution in [1.29, 1.82) is 0 Å². The highest BCUT2D eigenvalue weighted by atomic mass is 35.5. The minimum Gasteiger partial charge on any atom is -0.316 e. The van der Waals surface area contributed by atoms with Gasteiger partial charge in [-0.05, 0) is 48.4 Å². The van der Waals surface area contributed by atoms with E-state index in [1.54, 1.807) is 0 Å². The topological polar surface area (TPSA) is 12.0 Å². The van der Waals surface area contributed by atoms with E-state index in [0.29, 0.717) is 16.0 Å². The molecule has 0 aliphatic rings. The summed E-state index contributed by atoms with van der Waals surface area (Å²) in [6, 6.07) is 13.8. The Morgan fingerprint density at radius 3 is 2.48 bits per heavy atom. The maximum Gasteiger partial charge on any atom is 0.0595 e. The molecule has 0 fully saturated rings. The Balaban J connectivity index is 2.21. The summed E-state index contributed by atoms with van der Waals surface area (Å²) in [7, 11) is 0. The highest BCUT2D eigenvalue weighted by Gasteiger charge is 2.13. The van der Waals surface area contributed by atoms with Crippen LogP contribution in [0.15, 0.2) is 42.5 Å². The van der Waals surface area contributed by atoms with Crippen molar-refractivity contribution in [3.05, 3.63) is 68.7 Å². The van der Waals surface area contributed by atoms with Crippen molar-refractivity contribution in [3.8, 4) is 0 Å². The molecule has 1 N–H and O–H groups in total. The quantitative estimate of drug-likeness (QED) is 0.722. The molecule has 0 heterocycles. The second-order valence-electron chi connectivity index (χ2n) is 5.01. The van der Waals surface area contributed by atoms with Crippen LogP contribution in [0.25, 0.3) is 0 Å². The fourth-order valence-corrected chi connectivity index (χ4v) is 2.86. The summed E-state index contributed by atoms with van der Waals surface area (Å²) in [4.78, 5) is 0. The molecule has 2 aromatic carbocycles. The van der Waals surface area contributed by atoms with E-state index >= 15 is 0 Å². The Morgan fingerprint density at radius 1 is 1.00 bits per heavy atom. The lowest BCUT2D eigenvalue weighted by atomic mass is 9.92. The van der Waals surface area contributed by atoms with Crippen LogP contribution >= 0.6 is 34.8 Å². The number of halogens is 3. The van der Waals surface area contributed by atoms with Gasteiger partial charge in [0.2, 0.25) is 0 Å². The molecule has 0 bridgehead atoms. The van der Waals surface area contributed by atoms with Gasteiger partial charge in [-0.2, -0.15) is 0 Å². The summed E-state index contributed by atoms with van der Waals surface area (Å²) in [5.74, 6) is 0.348. The Kier molecular flexibility index (Phi) is 6.38. The van der Waals surface area contributed by atoms with Crippen molar-refractivity contribution in [2.75, 3.05) is 13.1 Å². The molecule has 0 spiro atoms. The van der Waals surface area contributed by atoms with Gasteiger partial charge < -0.3 is 5.32 Å². The Labute approximate surface area is 141 Å². The van der Waals surface area contributed by atoms with Crippen molar-refractivity contribution in [1.82, 2.24) is 5.32 Å². The first-order valence-electron chi connectivity index (χ1n) is 7.00. The van der Waals surface area contributed by atoms with Crippen molar-refractivity contribution in [3.63, 3.8) is 0 Å². The molecule has 2 aromatic rings. The van der Waals surface area contributed by atoms with Gasteiger partial charge in [-0.15, -0.1) is 0 Å². The molecule has 0 aliphatic heterocycles. The van der Waals surface area contributed by atoms with Gasteiger partial charge in [0, 0.05) is 17.5 Å². The fraction of sp³-hybridized carbons (Fsp3) is 0.294.